The molecule has 0 fully saturated rings. The van der Waals surface area contributed by atoms with Crippen molar-refractivity contribution in [3.63, 3.8) is 0 Å². The van der Waals surface area contributed by atoms with Crippen LogP contribution >= 0.6 is 0 Å². The molecule has 7 heteroatoms. The normalized spacial score (nSPS) is 10.4. The first kappa shape index (κ1) is 18.9. The third-order valence-corrected chi connectivity index (χ3v) is 2.93. The molecule has 0 saturated carbocycles. The van der Waals surface area contributed by atoms with Crippen LogP contribution in [0.3, 0.4) is 0 Å². The minimum atomic E-state index is -0.219. The summed E-state index contributed by atoms with van der Waals surface area (Å²) in [5.74, 6) is -0.0732. The lowest BCUT2D eigenvalue weighted by atomic mass is 10.2. The van der Waals surface area contributed by atoms with Gasteiger partial charge in [0.2, 0.25) is 5.91 Å². The summed E-state index contributed by atoms with van der Waals surface area (Å²) < 4.78 is 4.91. The van der Waals surface area contributed by atoms with Gasteiger partial charge in [0.05, 0.1) is 6.54 Å². The van der Waals surface area contributed by atoms with Crippen LogP contribution in [0.5, 0.6) is 0 Å². The minimum Gasteiger partial charge on any atom is -0.385 e. The molecule has 0 atom stereocenters. The zero-order chi connectivity index (χ0) is 17.1. The highest BCUT2D eigenvalue weighted by molar-refractivity contribution is 5.92. The van der Waals surface area contributed by atoms with E-state index in [0.29, 0.717) is 26.2 Å². The zero-order valence-electron chi connectivity index (χ0n) is 14.0. The van der Waals surface area contributed by atoms with E-state index in [2.05, 4.69) is 16.0 Å². The summed E-state index contributed by atoms with van der Waals surface area (Å²) in [4.78, 5) is 25.2. The van der Waals surface area contributed by atoms with Crippen LogP contribution in [0, 0.1) is 0 Å². The molecule has 0 aromatic heterocycles. The molecule has 3 amide bonds. The lowest BCUT2D eigenvalue weighted by Gasteiger charge is -2.11. The number of nitrogens with one attached hydrogen (secondary N) is 3. The van der Waals surface area contributed by atoms with Crippen LogP contribution in [0.2, 0.25) is 0 Å². The molecule has 0 saturated heterocycles. The Morgan fingerprint density at radius 2 is 2.00 bits per heavy atom. The summed E-state index contributed by atoms with van der Waals surface area (Å²) in [6.07, 6.45) is 0.775. The quantitative estimate of drug-likeness (QED) is 0.593. The van der Waals surface area contributed by atoms with Crippen LogP contribution < -0.4 is 16.0 Å². The fourth-order valence-corrected chi connectivity index (χ4v) is 1.91. The Hall–Kier alpha value is -2.12. The number of methoxy groups -OCH3 is 1. The van der Waals surface area contributed by atoms with Gasteiger partial charge < -0.3 is 25.6 Å². The number of carbonyl (C=O) groups excluding carboxylic acids is 2. The van der Waals surface area contributed by atoms with E-state index in [1.807, 2.05) is 38.4 Å². The number of benzene rings is 1. The van der Waals surface area contributed by atoms with Gasteiger partial charge in [-0.3, -0.25) is 4.79 Å². The fraction of sp³-hybridized carbons (Fsp3) is 0.500. The number of urea groups is 1. The second-order valence-electron chi connectivity index (χ2n) is 5.44. The molecular formula is C16H26N4O3. The number of anilines is 1. The number of nitrogens with zero attached hydrogens (tertiary/aromatic N) is 1. The molecule has 7 nitrogen and oxygen atoms in total. The second kappa shape index (κ2) is 10.6. The maximum atomic E-state index is 11.7. The van der Waals surface area contributed by atoms with Crippen molar-refractivity contribution in [3.05, 3.63) is 29.8 Å². The molecule has 0 aliphatic carbocycles. The summed E-state index contributed by atoms with van der Waals surface area (Å²) in [6, 6.07) is 7.19. The van der Waals surface area contributed by atoms with Gasteiger partial charge in [-0.1, -0.05) is 12.1 Å². The Morgan fingerprint density at radius 1 is 1.22 bits per heavy atom. The highest BCUT2D eigenvalue weighted by Crippen LogP contribution is 2.10. The summed E-state index contributed by atoms with van der Waals surface area (Å²) in [5, 5.41) is 8.35. The first-order valence-corrected chi connectivity index (χ1v) is 7.55. The van der Waals surface area contributed by atoms with Gasteiger partial charge in [-0.2, -0.15) is 0 Å². The number of amides is 3. The SMILES string of the molecule is COCCCNC(=O)NCc1cccc(NC(=O)CN(C)C)c1. The predicted octanol–water partition coefficient (Wildman–Crippen LogP) is 1.02. The van der Waals surface area contributed by atoms with Gasteiger partial charge in [0.25, 0.3) is 0 Å². The Morgan fingerprint density at radius 3 is 2.70 bits per heavy atom. The van der Waals surface area contributed by atoms with Gasteiger partial charge >= 0.3 is 6.03 Å². The van der Waals surface area contributed by atoms with Gasteiger partial charge in [-0.05, 0) is 38.2 Å². The van der Waals surface area contributed by atoms with Gasteiger partial charge in [0, 0.05) is 32.5 Å². The molecule has 0 radical (unpaired) electrons. The highest BCUT2D eigenvalue weighted by atomic mass is 16.5. The number of likely N-dealkylation sites (N-methyl/N-ethyl adjacent to an activating group) is 1. The number of rotatable bonds is 9. The second-order valence-corrected chi connectivity index (χ2v) is 5.44. The van der Waals surface area contributed by atoms with E-state index in [1.165, 1.54) is 0 Å². The molecule has 0 bridgehead atoms. The third-order valence-electron chi connectivity index (χ3n) is 2.93. The van der Waals surface area contributed by atoms with E-state index in [1.54, 1.807) is 12.0 Å². The van der Waals surface area contributed by atoms with E-state index < -0.39 is 0 Å². The van der Waals surface area contributed by atoms with E-state index in [4.69, 9.17) is 4.74 Å². The summed E-state index contributed by atoms with van der Waals surface area (Å²) >= 11 is 0. The van der Waals surface area contributed by atoms with Crippen LogP contribution in [0.1, 0.15) is 12.0 Å². The number of ether oxygens (including phenoxy) is 1. The standard InChI is InChI=1S/C16H26N4O3/c1-20(2)12-15(21)19-14-7-4-6-13(10-14)11-18-16(22)17-8-5-9-23-3/h4,6-7,10H,5,8-9,11-12H2,1-3H3,(H,19,21)(H2,17,18,22). The van der Waals surface area contributed by atoms with Crippen molar-refractivity contribution < 1.29 is 14.3 Å². The largest absolute Gasteiger partial charge is 0.385 e. The number of hydrogen-bond acceptors (Lipinski definition) is 4. The van der Waals surface area contributed by atoms with Crippen molar-refractivity contribution >= 4 is 17.6 Å². The fourth-order valence-electron chi connectivity index (χ4n) is 1.91. The van der Waals surface area contributed by atoms with E-state index in [-0.39, 0.29) is 11.9 Å². The van der Waals surface area contributed by atoms with Gasteiger partial charge in [-0.25, -0.2) is 4.79 Å². The Balaban J connectivity index is 2.38. The number of carbonyl (C=O) groups is 2. The molecule has 23 heavy (non-hydrogen) atoms. The Kier molecular flexibility index (Phi) is 8.71. The van der Waals surface area contributed by atoms with Gasteiger partial charge in [0.15, 0.2) is 0 Å². The molecule has 3 N–H and O–H groups in total. The van der Waals surface area contributed by atoms with Crippen molar-refractivity contribution in [1.82, 2.24) is 15.5 Å². The van der Waals surface area contributed by atoms with Crippen LogP contribution in [0.15, 0.2) is 24.3 Å². The molecule has 1 rings (SSSR count). The lowest BCUT2D eigenvalue weighted by Crippen LogP contribution is -2.35. The summed E-state index contributed by atoms with van der Waals surface area (Å²) in [6.45, 7) is 1.91. The maximum Gasteiger partial charge on any atom is 0.315 e. The summed E-state index contributed by atoms with van der Waals surface area (Å²) in [7, 11) is 5.31. The molecule has 0 spiro atoms. The van der Waals surface area contributed by atoms with Crippen LogP contribution in [0.4, 0.5) is 10.5 Å². The molecular weight excluding hydrogens is 296 g/mol. The van der Waals surface area contributed by atoms with E-state index in [0.717, 1.165) is 17.7 Å². The van der Waals surface area contributed by atoms with Crippen molar-refractivity contribution in [2.75, 3.05) is 46.2 Å². The smallest absolute Gasteiger partial charge is 0.315 e. The highest BCUT2D eigenvalue weighted by Gasteiger charge is 2.05. The molecule has 0 unspecified atom stereocenters. The molecule has 0 aliphatic rings. The third kappa shape index (κ3) is 8.80. The molecule has 0 heterocycles. The van der Waals surface area contributed by atoms with Crippen molar-refractivity contribution in [3.8, 4) is 0 Å². The predicted molar refractivity (Wildman–Crippen MR) is 90.4 cm³/mol. The number of hydrogen-bond donors (Lipinski definition) is 3. The van der Waals surface area contributed by atoms with Crippen molar-refractivity contribution in [1.29, 1.82) is 0 Å². The zero-order valence-corrected chi connectivity index (χ0v) is 14.0. The first-order valence-electron chi connectivity index (χ1n) is 7.55. The monoisotopic (exact) mass is 322 g/mol. The molecule has 1 aromatic rings. The minimum absolute atomic E-state index is 0.0732. The first-order chi connectivity index (χ1) is 11.0. The Bertz CT molecular complexity index is 506. The molecule has 0 aliphatic heterocycles. The van der Waals surface area contributed by atoms with Gasteiger partial charge in [0.1, 0.15) is 0 Å². The van der Waals surface area contributed by atoms with Gasteiger partial charge in [-0.15, -0.1) is 0 Å². The topological polar surface area (TPSA) is 82.7 Å². The van der Waals surface area contributed by atoms with Crippen LogP contribution in [0.25, 0.3) is 0 Å². The Labute approximate surface area is 137 Å². The van der Waals surface area contributed by atoms with E-state index in [9.17, 15) is 9.59 Å². The lowest BCUT2D eigenvalue weighted by molar-refractivity contribution is -0.116. The maximum absolute atomic E-state index is 11.7. The molecule has 128 valence electrons. The van der Waals surface area contributed by atoms with Crippen molar-refractivity contribution in [2.45, 2.75) is 13.0 Å². The van der Waals surface area contributed by atoms with Crippen LogP contribution in [-0.4, -0.2) is 57.7 Å². The average molecular weight is 322 g/mol. The van der Waals surface area contributed by atoms with Crippen molar-refractivity contribution in [2.24, 2.45) is 0 Å². The summed E-state index contributed by atoms with van der Waals surface area (Å²) in [5.41, 5.74) is 1.64. The molecule has 1 aromatic carbocycles. The van der Waals surface area contributed by atoms with Crippen LogP contribution in [-0.2, 0) is 16.1 Å². The average Bonchev–Trinajstić information content (AvgIpc) is 2.49. The van der Waals surface area contributed by atoms with E-state index >= 15 is 0 Å².